The first-order valence-corrected chi connectivity index (χ1v) is 5.93. The molecule has 0 spiro atoms. The van der Waals surface area contributed by atoms with Gasteiger partial charge in [-0.25, -0.2) is 4.39 Å². The van der Waals surface area contributed by atoms with E-state index >= 15 is 0 Å². The second kappa shape index (κ2) is 4.94. The van der Waals surface area contributed by atoms with Gasteiger partial charge in [-0.3, -0.25) is 4.98 Å². The van der Waals surface area contributed by atoms with Gasteiger partial charge in [0.15, 0.2) is 0 Å². The van der Waals surface area contributed by atoms with Gasteiger partial charge in [0.25, 0.3) is 0 Å². The Morgan fingerprint density at radius 1 is 0.895 bits per heavy atom. The molecule has 0 radical (unpaired) electrons. The van der Waals surface area contributed by atoms with Gasteiger partial charge in [-0.2, -0.15) is 0 Å². The first kappa shape index (κ1) is 11.5. The number of hydrogen-bond donors (Lipinski definition) is 2. The van der Waals surface area contributed by atoms with Crippen molar-refractivity contribution < 1.29 is 4.39 Å². The molecule has 1 aliphatic heterocycles. The fraction of sp³-hybridized carbons (Fsp3) is 0. The van der Waals surface area contributed by atoms with E-state index in [1.165, 1.54) is 12.1 Å². The van der Waals surface area contributed by atoms with E-state index in [0.29, 0.717) is 0 Å². The molecule has 1 aliphatic rings. The van der Waals surface area contributed by atoms with E-state index < -0.39 is 0 Å². The third-order valence-electron chi connectivity index (χ3n) is 2.92. The summed E-state index contributed by atoms with van der Waals surface area (Å²) in [6, 6.07) is 10.3. The number of rotatable bonds is 2. The summed E-state index contributed by atoms with van der Waals surface area (Å²) < 4.78 is 13.0. The smallest absolute Gasteiger partial charge is 0.123 e. The topological polar surface area (TPSA) is 37.0 Å². The average molecular weight is 253 g/mol. The maximum absolute atomic E-state index is 13.0. The molecule has 0 aliphatic carbocycles. The van der Waals surface area contributed by atoms with E-state index in [0.717, 1.165) is 22.4 Å². The van der Waals surface area contributed by atoms with Gasteiger partial charge in [0.05, 0.1) is 5.70 Å². The summed E-state index contributed by atoms with van der Waals surface area (Å²) in [6.07, 6.45) is 7.30. The summed E-state index contributed by atoms with van der Waals surface area (Å²) in [7, 11) is 0. The molecule has 1 aromatic heterocycles. The van der Waals surface area contributed by atoms with Crippen molar-refractivity contribution in [3.8, 4) is 0 Å². The third kappa shape index (κ3) is 2.33. The number of hydrazine groups is 1. The van der Waals surface area contributed by atoms with E-state index in [1.807, 2.05) is 24.4 Å². The largest absolute Gasteiger partial charge is 0.308 e. The molecular formula is C15H12FN3. The molecule has 4 heteroatoms. The van der Waals surface area contributed by atoms with Gasteiger partial charge < -0.3 is 10.9 Å². The highest BCUT2D eigenvalue weighted by Crippen LogP contribution is 2.26. The van der Waals surface area contributed by atoms with Gasteiger partial charge in [0.2, 0.25) is 0 Å². The lowest BCUT2D eigenvalue weighted by Crippen LogP contribution is -2.28. The molecule has 2 aromatic rings. The van der Waals surface area contributed by atoms with E-state index in [4.69, 9.17) is 0 Å². The van der Waals surface area contributed by atoms with Gasteiger partial charge in [0, 0.05) is 29.7 Å². The number of nitrogens with zero attached hydrogens (tertiary/aromatic N) is 1. The molecule has 1 aromatic carbocycles. The molecule has 3 rings (SSSR count). The molecule has 19 heavy (non-hydrogen) atoms. The van der Waals surface area contributed by atoms with Crippen LogP contribution in [0.1, 0.15) is 11.1 Å². The predicted octanol–water partition coefficient (Wildman–Crippen LogP) is 2.71. The monoisotopic (exact) mass is 253 g/mol. The number of allylic oxidation sites excluding steroid dienone is 2. The van der Waals surface area contributed by atoms with Gasteiger partial charge in [-0.15, -0.1) is 0 Å². The number of benzene rings is 1. The van der Waals surface area contributed by atoms with E-state index in [-0.39, 0.29) is 5.82 Å². The summed E-state index contributed by atoms with van der Waals surface area (Å²) in [4.78, 5) is 4.02. The van der Waals surface area contributed by atoms with Crippen LogP contribution in [0.3, 0.4) is 0 Å². The lowest BCUT2D eigenvalue weighted by atomic mass is 10.00. The van der Waals surface area contributed by atoms with Crippen LogP contribution in [-0.2, 0) is 0 Å². The Bertz CT molecular complexity index is 630. The third-order valence-corrected chi connectivity index (χ3v) is 2.92. The van der Waals surface area contributed by atoms with Gasteiger partial charge >= 0.3 is 0 Å². The molecule has 2 N–H and O–H groups in total. The van der Waals surface area contributed by atoms with Crippen molar-refractivity contribution >= 4 is 11.3 Å². The molecule has 0 saturated heterocycles. The van der Waals surface area contributed by atoms with Crippen LogP contribution < -0.4 is 10.9 Å². The van der Waals surface area contributed by atoms with Crippen LogP contribution in [0.5, 0.6) is 0 Å². The van der Waals surface area contributed by atoms with Crippen LogP contribution in [0, 0.1) is 5.82 Å². The fourth-order valence-electron chi connectivity index (χ4n) is 2.01. The fourth-order valence-corrected chi connectivity index (χ4v) is 2.01. The van der Waals surface area contributed by atoms with Crippen molar-refractivity contribution in [2.45, 2.75) is 0 Å². The second-order valence-electron chi connectivity index (χ2n) is 4.13. The SMILES string of the molecule is Fc1ccc(C2=C(c3ccncc3)C=CNN2)cc1. The Labute approximate surface area is 110 Å². The highest BCUT2D eigenvalue weighted by Gasteiger charge is 2.11. The van der Waals surface area contributed by atoms with Crippen molar-refractivity contribution in [2.75, 3.05) is 0 Å². The average Bonchev–Trinajstić information content (AvgIpc) is 2.49. The van der Waals surface area contributed by atoms with Crippen molar-refractivity contribution in [1.82, 2.24) is 15.8 Å². The summed E-state index contributed by atoms with van der Waals surface area (Å²) >= 11 is 0. The minimum atomic E-state index is -0.242. The van der Waals surface area contributed by atoms with Crippen LogP contribution in [0.4, 0.5) is 4.39 Å². The molecule has 2 heterocycles. The molecule has 0 fully saturated rings. The van der Waals surface area contributed by atoms with Crippen LogP contribution in [0.15, 0.2) is 61.1 Å². The zero-order valence-corrected chi connectivity index (χ0v) is 10.1. The van der Waals surface area contributed by atoms with Gasteiger partial charge in [-0.05, 0) is 48.0 Å². The molecule has 3 nitrogen and oxygen atoms in total. The van der Waals surface area contributed by atoms with Crippen LogP contribution in [0.2, 0.25) is 0 Å². The van der Waals surface area contributed by atoms with Crippen molar-refractivity contribution in [3.63, 3.8) is 0 Å². The molecular weight excluding hydrogens is 241 g/mol. The van der Waals surface area contributed by atoms with E-state index in [9.17, 15) is 4.39 Å². The molecule has 0 amide bonds. The van der Waals surface area contributed by atoms with Crippen molar-refractivity contribution in [3.05, 3.63) is 78.0 Å². The maximum Gasteiger partial charge on any atom is 0.123 e. The normalized spacial score (nSPS) is 13.9. The number of nitrogens with one attached hydrogen (secondary N) is 2. The molecule has 0 atom stereocenters. The Morgan fingerprint density at radius 2 is 1.63 bits per heavy atom. The second-order valence-corrected chi connectivity index (χ2v) is 4.13. The summed E-state index contributed by atoms with van der Waals surface area (Å²) in [5.74, 6) is -0.242. The summed E-state index contributed by atoms with van der Waals surface area (Å²) in [5.41, 5.74) is 9.98. The van der Waals surface area contributed by atoms with Gasteiger partial charge in [0.1, 0.15) is 5.82 Å². The Balaban J connectivity index is 2.11. The zero-order valence-electron chi connectivity index (χ0n) is 10.1. The van der Waals surface area contributed by atoms with E-state index in [1.54, 1.807) is 24.5 Å². The molecule has 0 bridgehead atoms. The Hall–Kier alpha value is -2.62. The Kier molecular flexibility index (Phi) is 2.98. The number of aromatic nitrogens is 1. The lowest BCUT2D eigenvalue weighted by Gasteiger charge is -2.19. The maximum atomic E-state index is 13.0. The first-order valence-electron chi connectivity index (χ1n) is 5.93. The molecule has 0 unspecified atom stereocenters. The summed E-state index contributed by atoms with van der Waals surface area (Å²) in [6.45, 7) is 0. The number of pyridine rings is 1. The lowest BCUT2D eigenvalue weighted by molar-refractivity contribution is 0.627. The van der Waals surface area contributed by atoms with Crippen molar-refractivity contribution in [2.24, 2.45) is 0 Å². The summed E-state index contributed by atoms with van der Waals surface area (Å²) in [5, 5.41) is 0. The number of halogens is 1. The minimum Gasteiger partial charge on any atom is -0.308 e. The quantitative estimate of drug-likeness (QED) is 0.864. The van der Waals surface area contributed by atoms with Crippen LogP contribution in [-0.4, -0.2) is 4.98 Å². The molecule has 94 valence electrons. The predicted molar refractivity (Wildman–Crippen MR) is 72.9 cm³/mol. The minimum absolute atomic E-state index is 0.242. The Morgan fingerprint density at radius 3 is 2.37 bits per heavy atom. The highest BCUT2D eigenvalue weighted by atomic mass is 19.1. The number of hydrogen-bond acceptors (Lipinski definition) is 3. The zero-order chi connectivity index (χ0) is 13.1. The standard InChI is InChI=1S/C15H12FN3/c16-13-3-1-12(2-4-13)15-14(7-10-18-19-15)11-5-8-17-9-6-11/h1-10,18-19H. The van der Waals surface area contributed by atoms with Crippen LogP contribution in [0.25, 0.3) is 11.3 Å². The van der Waals surface area contributed by atoms with Crippen molar-refractivity contribution in [1.29, 1.82) is 0 Å². The first-order chi connectivity index (χ1) is 9.34. The van der Waals surface area contributed by atoms with Crippen LogP contribution >= 0.6 is 0 Å². The van der Waals surface area contributed by atoms with E-state index in [2.05, 4.69) is 15.8 Å². The van der Waals surface area contributed by atoms with Gasteiger partial charge in [-0.1, -0.05) is 0 Å². The molecule has 0 saturated carbocycles. The highest BCUT2D eigenvalue weighted by molar-refractivity contribution is 5.95.